The second-order valence-corrected chi connectivity index (χ2v) is 3.16. The Balaban J connectivity index is 2.71. The van der Waals surface area contributed by atoms with Crippen molar-refractivity contribution in [1.29, 1.82) is 0 Å². The van der Waals surface area contributed by atoms with Crippen LogP contribution in [0.15, 0.2) is 22.6 Å². The van der Waals surface area contributed by atoms with Crippen molar-refractivity contribution in [1.82, 2.24) is 0 Å². The highest BCUT2D eigenvalue weighted by atomic mass is 16.5. The quantitative estimate of drug-likeness (QED) is 0.793. The molecule has 3 nitrogen and oxygen atoms in total. The predicted molar refractivity (Wildman–Crippen MR) is 53.4 cm³/mol. The van der Waals surface area contributed by atoms with Crippen LogP contribution in [0.1, 0.15) is 11.3 Å². The average Bonchev–Trinajstić information content (AvgIpc) is 2.52. The molecule has 14 heavy (non-hydrogen) atoms. The summed E-state index contributed by atoms with van der Waals surface area (Å²) >= 11 is 0. The van der Waals surface area contributed by atoms with Crippen LogP contribution < -0.4 is 4.74 Å². The van der Waals surface area contributed by atoms with Crippen molar-refractivity contribution in [3.63, 3.8) is 0 Å². The predicted octanol–water partition coefficient (Wildman–Crippen LogP) is 2.24. The van der Waals surface area contributed by atoms with Crippen molar-refractivity contribution in [2.75, 3.05) is 7.11 Å². The maximum atomic E-state index is 9.17. The molecular formula is C11H12O3. The summed E-state index contributed by atoms with van der Waals surface area (Å²) < 4.78 is 10.6. The zero-order valence-corrected chi connectivity index (χ0v) is 8.20. The number of methoxy groups -OCH3 is 1. The van der Waals surface area contributed by atoms with Crippen molar-refractivity contribution in [3.05, 3.63) is 29.5 Å². The van der Waals surface area contributed by atoms with Crippen molar-refractivity contribution >= 4 is 11.0 Å². The molecule has 0 spiro atoms. The van der Waals surface area contributed by atoms with Crippen molar-refractivity contribution in [2.24, 2.45) is 0 Å². The number of aliphatic hydroxyl groups is 1. The Labute approximate surface area is 81.9 Å². The van der Waals surface area contributed by atoms with E-state index in [1.54, 1.807) is 7.11 Å². The molecule has 1 aromatic heterocycles. The Hall–Kier alpha value is -1.48. The zero-order chi connectivity index (χ0) is 10.1. The maximum absolute atomic E-state index is 9.17. The molecule has 0 amide bonds. The van der Waals surface area contributed by atoms with Gasteiger partial charge in [0.15, 0.2) is 0 Å². The number of hydrogen-bond donors (Lipinski definition) is 1. The van der Waals surface area contributed by atoms with Gasteiger partial charge in [-0.2, -0.15) is 0 Å². The Morgan fingerprint density at radius 3 is 2.86 bits per heavy atom. The summed E-state index contributed by atoms with van der Waals surface area (Å²) in [5, 5.41) is 10.1. The molecule has 1 N–H and O–H groups in total. The Bertz CT molecular complexity index is 457. The SMILES string of the molecule is COc1ccc2oc(C)c(CO)c2c1. The van der Waals surface area contributed by atoms with E-state index in [0.29, 0.717) is 0 Å². The number of rotatable bonds is 2. The molecule has 0 atom stereocenters. The third-order valence-electron chi connectivity index (χ3n) is 2.36. The van der Waals surface area contributed by atoms with E-state index in [4.69, 9.17) is 14.3 Å². The number of hydrogen-bond acceptors (Lipinski definition) is 3. The monoisotopic (exact) mass is 192 g/mol. The normalized spacial score (nSPS) is 10.8. The summed E-state index contributed by atoms with van der Waals surface area (Å²) in [6.07, 6.45) is 0. The van der Waals surface area contributed by atoms with E-state index in [0.717, 1.165) is 28.0 Å². The van der Waals surface area contributed by atoms with Gasteiger partial charge in [0.1, 0.15) is 17.1 Å². The van der Waals surface area contributed by atoms with Crippen LogP contribution in [0, 0.1) is 6.92 Å². The molecule has 0 aliphatic heterocycles. The van der Waals surface area contributed by atoms with Crippen LogP contribution in [0.5, 0.6) is 5.75 Å². The van der Waals surface area contributed by atoms with E-state index in [9.17, 15) is 0 Å². The summed E-state index contributed by atoms with van der Waals surface area (Å²) in [6, 6.07) is 5.56. The Kier molecular flexibility index (Phi) is 2.17. The first-order chi connectivity index (χ1) is 6.76. The molecule has 0 fully saturated rings. The standard InChI is InChI=1S/C11H12O3/c1-7-10(6-12)9-5-8(13-2)3-4-11(9)14-7/h3-5,12H,6H2,1-2H3. The van der Waals surface area contributed by atoms with Gasteiger partial charge < -0.3 is 14.3 Å². The fraction of sp³-hybridized carbons (Fsp3) is 0.273. The molecule has 0 radical (unpaired) electrons. The summed E-state index contributed by atoms with van der Waals surface area (Å²) in [6.45, 7) is 1.84. The van der Waals surface area contributed by atoms with Gasteiger partial charge in [-0.25, -0.2) is 0 Å². The molecule has 2 aromatic rings. The minimum atomic E-state index is -0.00794. The number of fused-ring (bicyclic) bond motifs is 1. The fourth-order valence-corrected chi connectivity index (χ4v) is 1.57. The van der Waals surface area contributed by atoms with Gasteiger partial charge in [0.25, 0.3) is 0 Å². The minimum absolute atomic E-state index is 0.00794. The van der Waals surface area contributed by atoms with Gasteiger partial charge in [-0.1, -0.05) is 0 Å². The molecule has 0 aliphatic rings. The lowest BCUT2D eigenvalue weighted by molar-refractivity contribution is 0.280. The van der Waals surface area contributed by atoms with Gasteiger partial charge in [-0.15, -0.1) is 0 Å². The largest absolute Gasteiger partial charge is 0.497 e. The number of benzene rings is 1. The zero-order valence-electron chi connectivity index (χ0n) is 8.20. The lowest BCUT2D eigenvalue weighted by Gasteiger charge is -1.98. The van der Waals surface area contributed by atoms with Crippen LogP contribution in [0.2, 0.25) is 0 Å². The van der Waals surface area contributed by atoms with Gasteiger partial charge in [-0.05, 0) is 25.1 Å². The van der Waals surface area contributed by atoms with E-state index in [1.807, 2.05) is 25.1 Å². The highest BCUT2D eigenvalue weighted by Crippen LogP contribution is 2.28. The number of aliphatic hydroxyl groups excluding tert-OH is 1. The topological polar surface area (TPSA) is 42.6 Å². The Morgan fingerprint density at radius 1 is 1.43 bits per heavy atom. The minimum Gasteiger partial charge on any atom is -0.497 e. The maximum Gasteiger partial charge on any atom is 0.134 e. The number of ether oxygens (including phenoxy) is 1. The molecule has 0 saturated heterocycles. The highest BCUT2D eigenvalue weighted by molar-refractivity contribution is 5.83. The smallest absolute Gasteiger partial charge is 0.134 e. The molecule has 0 bridgehead atoms. The molecule has 3 heteroatoms. The van der Waals surface area contributed by atoms with Gasteiger partial charge >= 0.3 is 0 Å². The van der Waals surface area contributed by atoms with Gasteiger partial charge in [0, 0.05) is 10.9 Å². The third-order valence-corrected chi connectivity index (χ3v) is 2.36. The van der Waals surface area contributed by atoms with Crippen molar-refractivity contribution in [3.8, 4) is 5.75 Å². The summed E-state index contributed by atoms with van der Waals surface area (Å²) in [5.41, 5.74) is 1.62. The van der Waals surface area contributed by atoms with Crippen LogP contribution in [0.25, 0.3) is 11.0 Å². The lowest BCUT2D eigenvalue weighted by atomic mass is 10.1. The van der Waals surface area contributed by atoms with E-state index >= 15 is 0 Å². The number of furan rings is 1. The summed E-state index contributed by atoms with van der Waals surface area (Å²) in [5.74, 6) is 1.53. The first-order valence-corrected chi connectivity index (χ1v) is 4.43. The van der Waals surface area contributed by atoms with Crippen LogP contribution in [-0.4, -0.2) is 12.2 Å². The highest BCUT2D eigenvalue weighted by Gasteiger charge is 2.10. The second-order valence-electron chi connectivity index (χ2n) is 3.16. The first kappa shape index (κ1) is 9.09. The fourth-order valence-electron chi connectivity index (χ4n) is 1.57. The molecule has 0 saturated carbocycles. The lowest BCUT2D eigenvalue weighted by Crippen LogP contribution is -1.84. The molecular weight excluding hydrogens is 180 g/mol. The van der Waals surface area contributed by atoms with Crippen LogP contribution in [-0.2, 0) is 6.61 Å². The molecule has 0 aliphatic carbocycles. The van der Waals surface area contributed by atoms with Gasteiger partial charge in [0.2, 0.25) is 0 Å². The van der Waals surface area contributed by atoms with Crippen LogP contribution >= 0.6 is 0 Å². The van der Waals surface area contributed by atoms with Gasteiger partial charge in [-0.3, -0.25) is 0 Å². The van der Waals surface area contributed by atoms with E-state index in [-0.39, 0.29) is 6.61 Å². The average molecular weight is 192 g/mol. The Morgan fingerprint density at radius 2 is 2.21 bits per heavy atom. The molecule has 1 aromatic carbocycles. The van der Waals surface area contributed by atoms with Crippen molar-refractivity contribution < 1.29 is 14.3 Å². The molecule has 2 rings (SSSR count). The molecule has 1 heterocycles. The van der Waals surface area contributed by atoms with E-state index < -0.39 is 0 Å². The molecule has 74 valence electrons. The van der Waals surface area contributed by atoms with E-state index in [1.165, 1.54) is 0 Å². The summed E-state index contributed by atoms with van der Waals surface area (Å²) in [4.78, 5) is 0. The van der Waals surface area contributed by atoms with Crippen LogP contribution in [0.3, 0.4) is 0 Å². The molecule has 0 unspecified atom stereocenters. The number of aryl methyl sites for hydroxylation is 1. The van der Waals surface area contributed by atoms with Crippen molar-refractivity contribution in [2.45, 2.75) is 13.5 Å². The summed E-state index contributed by atoms with van der Waals surface area (Å²) in [7, 11) is 1.62. The van der Waals surface area contributed by atoms with Crippen LogP contribution in [0.4, 0.5) is 0 Å². The first-order valence-electron chi connectivity index (χ1n) is 4.43. The third kappa shape index (κ3) is 1.26. The second kappa shape index (κ2) is 3.35. The van der Waals surface area contributed by atoms with Gasteiger partial charge in [0.05, 0.1) is 13.7 Å². The van der Waals surface area contributed by atoms with E-state index in [2.05, 4.69) is 0 Å².